The first-order chi connectivity index (χ1) is 14.4. The fourth-order valence-corrected chi connectivity index (χ4v) is 3.50. The monoisotopic (exact) mass is 441 g/mol. The number of rotatable bonds is 7. The lowest BCUT2D eigenvalue weighted by atomic mass is 10.2. The molecule has 30 heavy (non-hydrogen) atoms. The van der Waals surface area contributed by atoms with Gasteiger partial charge in [0.15, 0.2) is 5.96 Å². The highest BCUT2D eigenvalue weighted by Crippen LogP contribution is 2.25. The highest BCUT2D eigenvalue weighted by atomic mass is 35.5. The quantitative estimate of drug-likeness (QED) is 0.524. The molecule has 1 aromatic heterocycles. The molecular formula is C20H26ClF2N5O2. The lowest BCUT2D eigenvalue weighted by Gasteiger charge is -2.36. The highest BCUT2D eigenvalue weighted by Gasteiger charge is 2.21. The van der Waals surface area contributed by atoms with Gasteiger partial charge < -0.3 is 19.5 Å². The van der Waals surface area contributed by atoms with Crippen LogP contribution in [-0.4, -0.2) is 60.3 Å². The van der Waals surface area contributed by atoms with Gasteiger partial charge in [-0.05, 0) is 32.0 Å². The number of aryl methyl sites for hydroxylation is 1. The molecule has 3 rings (SSSR count). The summed E-state index contributed by atoms with van der Waals surface area (Å²) in [5.41, 5.74) is 1.44. The first-order valence-corrected chi connectivity index (χ1v) is 10.2. The number of aliphatic imine (C=N–C) groups is 1. The van der Waals surface area contributed by atoms with Gasteiger partial charge in [-0.15, -0.1) is 0 Å². The van der Waals surface area contributed by atoms with E-state index < -0.39 is 6.61 Å². The number of aromatic nitrogens is 1. The molecule has 1 fully saturated rings. The molecule has 1 aromatic carbocycles. The SMILES string of the molecule is CCNC(=NCc1cc(Cl)ccc1OC(F)F)N1CCN(Cc2cc(C)on2)CC1. The molecule has 1 aliphatic rings. The lowest BCUT2D eigenvalue weighted by molar-refractivity contribution is -0.0504. The number of alkyl halides is 2. The Balaban J connectivity index is 1.63. The predicted molar refractivity (Wildman–Crippen MR) is 111 cm³/mol. The van der Waals surface area contributed by atoms with E-state index >= 15 is 0 Å². The lowest BCUT2D eigenvalue weighted by Crippen LogP contribution is -2.52. The van der Waals surface area contributed by atoms with Crippen LogP contribution < -0.4 is 10.1 Å². The molecule has 0 radical (unpaired) electrons. The molecule has 0 saturated carbocycles. The summed E-state index contributed by atoms with van der Waals surface area (Å²) in [6.07, 6.45) is 0. The van der Waals surface area contributed by atoms with Crippen molar-refractivity contribution >= 4 is 17.6 Å². The second-order valence-corrected chi connectivity index (χ2v) is 7.43. The van der Waals surface area contributed by atoms with Crippen LogP contribution in [0.2, 0.25) is 5.02 Å². The van der Waals surface area contributed by atoms with Crippen molar-refractivity contribution in [1.29, 1.82) is 0 Å². The summed E-state index contributed by atoms with van der Waals surface area (Å²) in [6, 6.07) is 6.51. The van der Waals surface area contributed by atoms with Gasteiger partial charge in [-0.25, -0.2) is 4.99 Å². The third-order valence-electron chi connectivity index (χ3n) is 4.71. The molecule has 0 unspecified atom stereocenters. The van der Waals surface area contributed by atoms with Crippen molar-refractivity contribution in [1.82, 2.24) is 20.3 Å². The number of nitrogens with one attached hydrogen (secondary N) is 1. The maximum Gasteiger partial charge on any atom is 0.387 e. The standard InChI is InChI=1S/C20H26ClF2N5O2/c1-3-24-20(25-12-15-11-16(21)4-5-18(15)29-19(22)23)28-8-6-27(7-9-28)13-17-10-14(2)30-26-17/h4-5,10-11,19H,3,6-9,12-13H2,1-2H3,(H,24,25). The van der Waals surface area contributed by atoms with Crippen molar-refractivity contribution < 1.29 is 18.0 Å². The maximum atomic E-state index is 12.7. The molecule has 1 N–H and O–H groups in total. The zero-order chi connectivity index (χ0) is 21.5. The summed E-state index contributed by atoms with van der Waals surface area (Å²) in [5, 5.41) is 7.77. The molecule has 0 aliphatic carbocycles. The second kappa shape index (κ2) is 10.6. The van der Waals surface area contributed by atoms with Crippen molar-refractivity contribution in [2.45, 2.75) is 33.5 Å². The topological polar surface area (TPSA) is 66.1 Å². The van der Waals surface area contributed by atoms with E-state index in [0.29, 0.717) is 17.1 Å². The minimum absolute atomic E-state index is 0.0849. The van der Waals surface area contributed by atoms with Crippen molar-refractivity contribution in [2.75, 3.05) is 32.7 Å². The average molecular weight is 442 g/mol. The van der Waals surface area contributed by atoms with Gasteiger partial charge in [-0.1, -0.05) is 16.8 Å². The fraction of sp³-hybridized carbons (Fsp3) is 0.500. The highest BCUT2D eigenvalue weighted by molar-refractivity contribution is 6.30. The van der Waals surface area contributed by atoms with E-state index in [1.165, 1.54) is 12.1 Å². The van der Waals surface area contributed by atoms with E-state index in [9.17, 15) is 8.78 Å². The van der Waals surface area contributed by atoms with Crippen LogP contribution in [-0.2, 0) is 13.1 Å². The van der Waals surface area contributed by atoms with Crippen molar-refractivity contribution in [3.8, 4) is 5.75 Å². The number of piperazine rings is 1. The number of guanidine groups is 1. The fourth-order valence-electron chi connectivity index (χ4n) is 3.31. The van der Waals surface area contributed by atoms with Gasteiger partial charge in [0.05, 0.1) is 12.2 Å². The zero-order valence-electron chi connectivity index (χ0n) is 17.1. The summed E-state index contributed by atoms with van der Waals surface area (Å²) in [4.78, 5) is 9.10. The van der Waals surface area contributed by atoms with E-state index in [0.717, 1.165) is 50.1 Å². The largest absolute Gasteiger partial charge is 0.434 e. The molecule has 10 heteroatoms. The van der Waals surface area contributed by atoms with Crippen molar-refractivity contribution in [3.63, 3.8) is 0 Å². The van der Waals surface area contributed by atoms with Crippen molar-refractivity contribution in [2.24, 2.45) is 4.99 Å². The molecule has 0 atom stereocenters. The van der Waals surface area contributed by atoms with Gasteiger partial charge in [0.2, 0.25) is 0 Å². The Bertz CT molecular complexity index is 853. The summed E-state index contributed by atoms with van der Waals surface area (Å²) in [6.45, 7) is 5.89. The molecule has 164 valence electrons. The molecule has 0 spiro atoms. The number of hydrogen-bond donors (Lipinski definition) is 1. The number of nitrogens with zero attached hydrogens (tertiary/aromatic N) is 4. The smallest absolute Gasteiger partial charge is 0.387 e. The molecule has 2 heterocycles. The second-order valence-electron chi connectivity index (χ2n) is 6.99. The van der Waals surface area contributed by atoms with Gasteiger partial charge in [0.1, 0.15) is 11.5 Å². The number of ether oxygens (including phenoxy) is 1. The minimum atomic E-state index is -2.90. The Hall–Kier alpha value is -2.39. The average Bonchev–Trinajstić information content (AvgIpc) is 3.12. The first kappa shape index (κ1) is 22.3. The van der Waals surface area contributed by atoms with Crippen LogP contribution >= 0.6 is 11.6 Å². The van der Waals surface area contributed by atoms with Crippen LogP contribution in [0.1, 0.15) is 23.9 Å². The third-order valence-corrected chi connectivity index (χ3v) is 4.94. The first-order valence-electron chi connectivity index (χ1n) is 9.85. The summed E-state index contributed by atoms with van der Waals surface area (Å²) in [7, 11) is 0. The van der Waals surface area contributed by atoms with Gasteiger partial charge in [0, 0.05) is 55.9 Å². The minimum Gasteiger partial charge on any atom is -0.434 e. The van der Waals surface area contributed by atoms with Crippen LogP contribution in [0, 0.1) is 6.92 Å². The Morgan fingerprint density at radius 3 is 2.70 bits per heavy atom. The van der Waals surface area contributed by atoms with E-state index in [1.54, 1.807) is 6.07 Å². The summed E-state index contributed by atoms with van der Waals surface area (Å²) < 4.78 is 35.1. The number of hydrogen-bond acceptors (Lipinski definition) is 5. The van der Waals surface area contributed by atoms with Gasteiger partial charge in [-0.3, -0.25) is 4.90 Å². The number of benzene rings is 1. The van der Waals surface area contributed by atoms with Gasteiger partial charge >= 0.3 is 6.61 Å². The van der Waals surface area contributed by atoms with Crippen LogP contribution in [0.3, 0.4) is 0 Å². The maximum absolute atomic E-state index is 12.7. The van der Waals surface area contributed by atoms with Crippen LogP contribution in [0.5, 0.6) is 5.75 Å². The Kier molecular flexibility index (Phi) is 7.87. The number of halogens is 3. The van der Waals surface area contributed by atoms with E-state index in [2.05, 4.69) is 30.0 Å². The molecule has 0 amide bonds. The normalized spacial score (nSPS) is 15.7. The van der Waals surface area contributed by atoms with Gasteiger partial charge in [-0.2, -0.15) is 8.78 Å². The zero-order valence-corrected chi connectivity index (χ0v) is 17.8. The van der Waals surface area contributed by atoms with E-state index in [4.69, 9.17) is 16.1 Å². The molecule has 1 aliphatic heterocycles. The van der Waals surface area contributed by atoms with Crippen LogP contribution in [0.4, 0.5) is 8.78 Å². The Morgan fingerprint density at radius 1 is 1.30 bits per heavy atom. The van der Waals surface area contributed by atoms with Crippen LogP contribution in [0.25, 0.3) is 0 Å². The molecule has 1 saturated heterocycles. The molecule has 0 bridgehead atoms. The summed E-state index contributed by atoms with van der Waals surface area (Å²) in [5.74, 6) is 1.63. The molecule has 2 aromatic rings. The van der Waals surface area contributed by atoms with E-state index in [-0.39, 0.29) is 12.3 Å². The Morgan fingerprint density at radius 2 is 2.07 bits per heavy atom. The Labute approximate surface area is 179 Å². The third kappa shape index (κ3) is 6.30. The molecular weight excluding hydrogens is 416 g/mol. The molecule has 7 nitrogen and oxygen atoms in total. The predicted octanol–water partition coefficient (Wildman–Crippen LogP) is 3.52. The van der Waals surface area contributed by atoms with Crippen LogP contribution in [0.15, 0.2) is 33.8 Å². The van der Waals surface area contributed by atoms with E-state index in [1.807, 2.05) is 19.9 Å². The summed E-state index contributed by atoms with van der Waals surface area (Å²) >= 11 is 6.03. The van der Waals surface area contributed by atoms with Crippen molar-refractivity contribution in [3.05, 3.63) is 46.3 Å². The van der Waals surface area contributed by atoms with Gasteiger partial charge in [0.25, 0.3) is 0 Å².